The minimum absolute atomic E-state index is 0.0375. The molecule has 2 N–H and O–H groups in total. The van der Waals surface area contributed by atoms with Gasteiger partial charge in [-0.1, -0.05) is 18.2 Å². The van der Waals surface area contributed by atoms with Gasteiger partial charge in [-0.15, -0.1) is 0 Å². The van der Waals surface area contributed by atoms with Gasteiger partial charge in [0.25, 0.3) is 0 Å². The molecule has 2 aliphatic carbocycles. The Morgan fingerprint density at radius 1 is 1.41 bits per heavy atom. The first-order valence-electron chi connectivity index (χ1n) is 7.93. The molecular formula is C17H22FNO3. The van der Waals surface area contributed by atoms with E-state index in [0.717, 1.165) is 0 Å². The van der Waals surface area contributed by atoms with Crippen LogP contribution in [0, 0.1) is 17.7 Å². The molecule has 1 aromatic carbocycles. The molecule has 0 aliphatic heterocycles. The molecule has 2 fully saturated rings. The fourth-order valence-corrected chi connectivity index (χ4v) is 2.67. The van der Waals surface area contributed by atoms with Gasteiger partial charge in [-0.25, -0.2) is 4.39 Å². The maximum Gasteiger partial charge on any atom is 0.223 e. The van der Waals surface area contributed by atoms with Gasteiger partial charge in [0.05, 0.1) is 12.7 Å². The van der Waals surface area contributed by atoms with Crippen LogP contribution in [0.25, 0.3) is 0 Å². The van der Waals surface area contributed by atoms with Crippen LogP contribution in [0.3, 0.4) is 0 Å². The Balaban J connectivity index is 1.37. The van der Waals surface area contributed by atoms with E-state index in [1.807, 2.05) is 0 Å². The summed E-state index contributed by atoms with van der Waals surface area (Å²) in [5.41, 5.74) is 0.607. The molecule has 1 aromatic rings. The van der Waals surface area contributed by atoms with Crippen LogP contribution in [0.4, 0.5) is 4.39 Å². The molecule has 5 heteroatoms. The summed E-state index contributed by atoms with van der Waals surface area (Å²) in [5.74, 6) is 0.0709. The van der Waals surface area contributed by atoms with E-state index in [-0.39, 0.29) is 36.7 Å². The second kappa shape index (κ2) is 6.75. The highest BCUT2D eigenvalue weighted by molar-refractivity contribution is 5.82. The predicted octanol–water partition coefficient (Wildman–Crippen LogP) is 1.83. The zero-order chi connectivity index (χ0) is 15.5. The summed E-state index contributed by atoms with van der Waals surface area (Å²) >= 11 is 0. The Hall–Kier alpha value is -1.46. The van der Waals surface area contributed by atoms with Crippen molar-refractivity contribution in [1.29, 1.82) is 0 Å². The molecule has 0 aromatic heterocycles. The summed E-state index contributed by atoms with van der Waals surface area (Å²) in [6.45, 7) is 1.13. The Morgan fingerprint density at radius 3 is 2.91 bits per heavy atom. The van der Waals surface area contributed by atoms with Gasteiger partial charge in [0.15, 0.2) is 0 Å². The summed E-state index contributed by atoms with van der Waals surface area (Å²) in [6, 6.07) is 6.58. The number of carbonyl (C=O) groups is 1. The van der Waals surface area contributed by atoms with E-state index >= 15 is 0 Å². The standard InChI is InChI=1S/C17H22FNO3/c18-16-4-2-1-3-13(16)14-7-15(14)17(21)19-8-12(20)10-22-9-11-5-6-11/h1-4,11-12,14-15,20H,5-10H2,(H,19,21)/t12-,14+,15+/m0/s1. The SMILES string of the molecule is O=C(NC[C@H](O)COCC1CC1)[C@@H]1C[C@@H]1c1ccccc1F. The maximum atomic E-state index is 13.7. The minimum atomic E-state index is -0.687. The zero-order valence-corrected chi connectivity index (χ0v) is 12.5. The van der Waals surface area contributed by atoms with Gasteiger partial charge in [0.2, 0.25) is 5.91 Å². The normalized spacial score (nSPS) is 24.8. The molecule has 3 atom stereocenters. The number of hydrogen-bond donors (Lipinski definition) is 2. The van der Waals surface area contributed by atoms with Gasteiger partial charge in [-0.3, -0.25) is 4.79 Å². The average Bonchev–Trinajstić information content (AvgIpc) is 3.39. The molecule has 0 spiro atoms. The molecule has 3 rings (SSSR count). The van der Waals surface area contributed by atoms with Crippen molar-refractivity contribution in [3.63, 3.8) is 0 Å². The van der Waals surface area contributed by atoms with E-state index in [0.29, 0.717) is 24.5 Å². The fourth-order valence-electron chi connectivity index (χ4n) is 2.67. The van der Waals surface area contributed by atoms with Crippen molar-refractivity contribution in [3.05, 3.63) is 35.6 Å². The van der Waals surface area contributed by atoms with Crippen molar-refractivity contribution in [2.24, 2.45) is 11.8 Å². The van der Waals surface area contributed by atoms with Crippen molar-refractivity contribution in [2.75, 3.05) is 19.8 Å². The Bertz CT molecular complexity index is 532. The summed E-state index contributed by atoms with van der Waals surface area (Å²) in [7, 11) is 0. The lowest BCUT2D eigenvalue weighted by Gasteiger charge is -2.12. The molecular weight excluding hydrogens is 285 g/mol. The molecule has 0 heterocycles. The second-order valence-corrected chi connectivity index (χ2v) is 6.35. The molecule has 0 unspecified atom stereocenters. The number of ether oxygens (including phenoxy) is 1. The van der Waals surface area contributed by atoms with Crippen molar-refractivity contribution >= 4 is 5.91 Å². The van der Waals surface area contributed by atoms with E-state index in [4.69, 9.17) is 4.74 Å². The Labute approximate surface area is 129 Å². The van der Waals surface area contributed by atoms with Gasteiger partial charge in [0, 0.05) is 19.1 Å². The number of benzene rings is 1. The fraction of sp³-hybridized carbons (Fsp3) is 0.588. The van der Waals surface area contributed by atoms with E-state index in [1.165, 1.54) is 18.9 Å². The summed E-state index contributed by atoms with van der Waals surface area (Å²) in [5, 5.41) is 12.5. The van der Waals surface area contributed by atoms with E-state index < -0.39 is 6.10 Å². The van der Waals surface area contributed by atoms with Crippen LogP contribution >= 0.6 is 0 Å². The second-order valence-electron chi connectivity index (χ2n) is 6.35. The van der Waals surface area contributed by atoms with Gasteiger partial charge in [-0.05, 0) is 42.7 Å². The third kappa shape index (κ3) is 4.05. The van der Waals surface area contributed by atoms with Gasteiger partial charge < -0.3 is 15.2 Å². The molecule has 0 bridgehead atoms. The van der Waals surface area contributed by atoms with Crippen LogP contribution in [0.1, 0.15) is 30.7 Å². The van der Waals surface area contributed by atoms with E-state index in [9.17, 15) is 14.3 Å². The third-order valence-electron chi connectivity index (χ3n) is 4.30. The molecule has 2 aliphatic rings. The summed E-state index contributed by atoms with van der Waals surface area (Å²) in [4.78, 5) is 12.0. The highest BCUT2D eigenvalue weighted by Crippen LogP contribution is 2.48. The Kier molecular flexibility index (Phi) is 4.74. The summed E-state index contributed by atoms with van der Waals surface area (Å²) in [6.07, 6.45) is 2.41. The number of nitrogens with one attached hydrogen (secondary N) is 1. The van der Waals surface area contributed by atoms with Crippen LogP contribution in [0.5, 0.6) is 0 Å². The lowest BCUT2D eigenvalue weighted by Crippen LogP contribution is -2.35. The van der Waals surface area contributed by atoms with Crippen molar-refractivity contribution in [3.8, 4) is 0 Å². The van der Waals surface area contributed by atoms with Crippen LogP contribution in [-0.4, -0.2) is 36.9 Å². The van der Waals surface area contributed by atoms with Crippen molar-refractivity contribution in [1.82, 2.24) is 5.32 Å². The van der Waals surface area contributed by atoms with Gasteiger partial charge in [0.1, 0.15) is 5.82 Å². The topological polar surface area (TPSA) is 58.6 Å². The number of carbonyl (C=O) groups excluding carboxylic acids is 1. The number of aliphatic hydroxyl groups is 1. The minimum Gasteiger partial charge on any atom is -0.389 e. The zero-order valence-electron chi connectivity index (χ0n) is 12.5. The van der Waals surface area contributed by atoms with Crippen molar-refractivity contribution in [2.45, 2.75) is 31.3 Å². The number of amides is 1. The quantitative estimate of drug-likeness (QED) is 0.770. The first kappa shape index (κ1) is 15.4. The van der Waals surface area contributed by atoms with Gasteiger partial charge >= 0.3 is 0 Å². The molecule has 0 saturated heterocycles. The monoisotopic (exact) mass is 307 g/mol. The van der Waals surface area contributed by atoms with Crippen LogP contribution in [-0.2, 0) is 9.53 Å². The van der Waals surface area contributed by atoms with Crippen LogP contribution in [0.15, 0.2) is 24.3 Å². The predicted molar refractivity (Wildman–Crippen MR) is 79.8 cm³/mol. The van der Waals surface area contributed by atoms with E-state index in [2.05, 4.69) is 5.32 Å². The molecule has 22 heavy (non-hydrogen) atoms. The highest BCUT2D eigenvalue weighted by atomic mass is 19.1. The molecule has 0 radical (unpaired) electrons. The average molecular weight is 307 g/mol. The number of rotatable bonds is 8. The number of aliphatic hydroxyl groups excluding tert-OH is 1. The van der Waals surface area contributed by atoms with Crippen molar-refractivity contribution < 1.29 is 19.0 Å². The number of hydrogen-bond acceptors (Lipinski definition) is 3. The van der Waals surface area contributed by atoms with E-state index in [1.54, 1.807) is 18.2 Å². The lowest BCUT2D eigenvalue weighted by atomic mass is 10.1. The molecule has 4 nitrogen and oxygen atoms in total. The summed E-state index contributed by atoms with van der Waals surface area (Å²) < 4.78 is 19.0. The number of halogens is 1. The molecule has 120 valence electrons. The highest BCUT2D eigenvalue weighted by Gasteiger charge is 2.45. The largest absolute Gasteiger partial charge is 0.389 e. The lowest BCUT2D eigenvalue weighted by molar-refractivity contribution is -0.123. The van der Waals surface area contributed by atoms with Crippen LogP contribution in [0.2, 0.25) is 0 Å². The Morgan fingerprint density at radius 2 is 2.18 bits per heavy atom. The molecule has 2 saturated carbocycles. The first-order chi connectivity index (χ1) is 10.6. The third-order valence-corrected chi connectivity index (χ3v) is 4.30. The maximum absolute atomic E-state index is 13.7. The first-order valence-corrected chi connectivity index (χ1v) is 7.93. The molecule has 1 amide bonds. The van der Waals surface area contributed by atoms with Crippen LogP contribution < -0.4 is 5.32 Å². The smallest absolute Gasteiger partial charge is 0.223 e. The van der Waals surface area contributed by atoms with Gasteiger partial charge in [-0.2, -0.15) is 0 Å².